The van der Waals surface area contributed by atoms with Gasteiger partial charge in [-0.2, -0.15) is 0 Å². The lowest BCUT2D eigenvalue weighted by Crippen LogP contribution is -2.00. The molecule has 1 aromatic rings. The third kappa shape index (κ3) is 1.93. The van der Waals surface area contributed by atoms with Gasteiger partial charge in [0, 0.05) is 4.90 Å². The van der Waals surface area contributed by atoms with E-state index >= 15 is 0 Å². The summed E-state index contributed by atoms with van der Waals surface area (Å²) in [6, 6.07) is 4.79. The van der Waals surface area contributed by atoms with Crippen molar-refractivity contribution in [1.29, 1.82) is 0 Å². The molecule has 12 heavy (non-hydrogen) atoms. The Morgan fingerprint density at radius 2 is 2.25 bits per heavy atom. The highest BCUT2D eigenvalue weighted by Crippen LogP contribution is 2.21. The van der Waals surface area contributed by atoms with Gasteiger partial charge in [0.1, 0.15) is 0 Å². The number of carbonyl (C=O) groups excluding carboxylic acids is 1. The van der Waals surface area contributed by atoms with Gasteiger partial charge in [0.05, 0.1) is 17.7 Å². The zero-order valence-corrected chi connectivity index (χ0v) is 8.02. The number of hydrogen-bond acceptors (Lipinski definition) is 3. The first-order valence-corrected chi connectivity index (χ1v) is 4.04. The van der Waals surface area contributed by atoms with Crippen LogP contribution in [-0.2, 0) is 4.74 Å². The molecule has 0 atom stereocenters. The van der Waals surface area contributed by atoms with Crippen LogP contribution in [0, 0.1) is 0 Å². The Morgan fingerprint density at radius 1 is 1.58 bits per heavy atom. The van der Waals surface area contributed by atoms with E-state index in [1.807, 2.05) is 0 Å². The number of hydrogen-bond donors (Lipinski definition) is 1. The summed E-state index contributed by atoms with van der Waals surface area (Å²) in [6.07, 6.45) is 0. The van der Waals surface area contributed by atoms with Gasteiger partial charge in [0.2, 0.25) is 0 Å². The summed E-state index contributed by atoms with van der Waals surface area (Å²) < 4.78 is 4.51. The Bertz CT molecular complexity index is 312. The molecule has 0 aliphatic carbocycles. The molecule has 0 bridgehead atoms. The minimum Gasteiger partial charge on any atom is -0.465 e. The number of carbonyl (C=O) groups is 1. The van der Waals surface area contributed by atoms with Gasteiger partial charge < -0.3 is 4.74 Å². The zero-order chi connectivity index (χ0) is 9.14. The number of esters is 1. The smallest absolute Gasteiger partial charge is 0.337 e. The van der Waals surface area contributed by atoms with Crippen LogP contribution in [-0.4, -0.2) is 13.1 Å². The van der Waals surface area contributed by atoms with Crippen molar-refractivity contribution in [3.8, 4) is 0 Å². The average Bonchev–Trinajstić information content (AvgIpc) is 2.08. The van der Waals surface area contributed by atoms with Crippen molar-refractivity contribution in [2.45, 2.75) is 4.90 Å². The van der Waals surface area contributed by atoms with Crippen LogP contribution in [0.5, 0.6) is 0 Å². The van der Waals surface area contributed by atoms with Crippen molar-refractivity contribution >= 4 is 30.2 Å². The summed E-state index contributed by atoms with van der Waals surface area (Å²) >= 11 is 9.79. The Hall–Kier alpha value is -0.670. The van der Waals surface area contributed by atoms with Crippen molar-refractivity contribution in [3.05, 3.63) is 28.8 Å². The molecule has 4 heteroatoms. The number of halogens is 1. The first-order valence-electron chi connectivity index (χ1n) is 3.22. The molecule has 0 aliphatic rings. The zero-order valence-electron chi connectivity index (χ0n) is 6.37. The molecule has 0 heterocycles. The maximum Gasteiger partial charge on any atom is 0.337 e. The normalized spacial score (nSPS) is 9.58. The number of rotatable bonds is 1. The molecule has 1 aromatic carbocycles. The average molecular weight is 203 g/mol. The molecule has 0 radical (unpaired) electrons. The Labute approximate surface area is 80.9 Å². The molecule has 0 fully saturated rings. The van der Waals surface area contributed by atoms with Crippen LogP contribution >= 0.6 is 24.2 Å². The molecule has 0 saturated heterocycles. The van der Waals surface area contributed by atoms with E-state index in [1.54, 1.807) is 12.1 Å². The Kier molecular flexibility index (Phi) is 3.00. The Balaban J connectivity index is 3.05. The van der Waals surface area contributed by atoms with Gasteiger partial charge in [0.25, 0.3) is 0 Å². The highest BCUT2D eigenvalue weighted by molar-refractivity contribution is 7.80. The van der Waals surface area contributed by atoms with Gasteiger partial charge in [0.15, 0.2) is 0 Å². The van der Waals surface area contributed by atoms with E-state index in [9.17, 15) is 4.79 Å². The molecule has 0 N–H and O–H groups in total. The summed E-state index contributed by atoms with van der Waals surface area (Å²) in [5.41, 5.74) is 0.431. The van der Waals surface area contributed by atoms with E-state index in [4.69, 9.17) is 11.6 Å². The predicted molar refractivity (Wildman–Crippen MR) is 50.0 cm³/mol. The van der Waals surface area contributed by atoms with E-state index < -0.39 is 5.97 Å². The standard InChI is InChI=1S/C8H7ClO2S/c1-11-8(10)5-2-3-7(12)6(9)4-5/h2-4,12H,1H3. The first-order chi connectivity index (χ1) is 5.65. The maximum atomic E-state index is 11.0. The quantitative estimate of drug-likeness (QED) is 0.559. The van der Waals surface area contributed by atoms with E-state index in [2.05, 4.69) is 17.4 Å². The van der Waals surface area contributed by atoms with Gasteiger partial charge >= 0.3 is 5.97 Å². The molecule has 0 amide bonds. The predicted octanol–water partition coefficient (Wildman–Crippen LogP) is 2.42. The Morgan fingerprint density at radius 3 is 2.75 bits per heavy atom. The summed E-state index contributed by atoms with van der Waals surface area (Å²) in [7, 11) is 1.32. The molecular weight excluding hydrogens is 196 g/mol. The molecular formula is C8H7ClO2S. The van der Waals surface area contributed by atoms with Crippen LogP contribution in [0.2, 0.25) is 5.02 Å². The van der Waals surface area contributed by atoms with Crippen LogP contribution in [0.1, 0.15) is 10.4 Å². The minimum atomic E-state index is -0.398. The molecule has 2 nitrogen and oxygen atoms in total. The topological polar surface area (TPSA) is 26.3 Å². The molecule has 0 saturated carbocycles. The second-order valence-electron chi connectivity index (χ2n) is 2.16. The van der Waals surface area contributed by atoms with Gasteiger partial charge in [-0.15, -0.1) is 12.6 Å². The monoisotopic (exact) mass is 202 g/mol. The van der Waals surface area contributed by atoms with Gasteiger partial charge in [-0.3, -0.25) is 0 Å². The van der Waals surface area contributed by atoms with Crippen LogP contribution in [0.4, 0.5) is 0 Å². The van der Waals surface area contributed by atoms with Gasteiger partial charge in [-0.25, -0.2) is 4.79 Å². The highest BCUT2D eigenvalue weighted by atomic mass is 35.5. The van der Waals surface area contributed by atoms with Crippen molar-refractivity contribution in [2.75, 3.05) is 7.11 Å². The van der Waals surface area contributed by atoms with Gasteiger partial charge in [-0.05, 0) is 18.2 Å². The number of ether oxygens (including phenoxy) is 1. The minimum absolute atomic E-state index is 0.398. The lowest BCUT2D eigenvalue weighted by atomic mass is 10.2. The summed E-state index contributed by atoms with van der Waals surface area (Å²) in [6.45, 7) is 0. The summed E-state index contributed by atoms with van der Waals surface area (Å²) in [5.74, 6) is -0.398. The van der Waals surface area contributed by atoms with Crippen LogP contribution in [0.25, 0.3) is 0 Å². The lowest BCUT2D eigenvalue weighted by Gasteiger charge is -2.00. The second kappa shape index (κ2) is 3.83. The highest BCUT2D eigenvalue weighted by Gasteiger charge is 2.06. The number of benzene rings is 1. The molecule has 1 rings (SSSR count). The molecule has 64 valence electrons. The molecule has 0 spiro atoms. The molecule has 0 aromatic heterocycles. The van der Waals surface area contributed by atoms with Crippen molar-refractivity contribution < 1.29 is 9.53 Å². The fourth-order valence-electron chi connectivity index (χ4n) is 0.752. The van der Waals surface area contributed by atoms with E-state index in [0.29, 0.717) is 15.5 Å². The van der Waals surface area contributed by atoms with Crippen molar-refractivity contribution in [1.82, 2.24) is 0 Å². The maximum absolute atomic E-state index is 11.0. The molecule has 0 unspecified atom stereocenters. The number of methoxy groups -OCH3 is 1. The first kappa shape index (κ1) is 9.42. The van der Waals surface area contributed by atoms with Crippen LogP contribution < -0.4 is 0 Å². The number of thiol groups is 1. The largest absolute Gasteiger partial charge is 0.465 e. The fraction of sp³-hybridized carbons (Fsp3) is 0.125. The molecule has 0 aliphatic heterocycles. The van der Waals surface area contributed by atoms with Crippen LogP contribution in [0.3, 0.4) is 0 Å². The van der Waals surface area contributed by atoms with Crippen molar-refractivity contribution in [2.24, 2.45) is 0 Å². The van der Waals surface area contributed by atoms with Crippen LogP contribution in [0.15, 0.2) is 23.1 Å². The second-order valence-corrected chi connectivity index (χ2v) is 3.05. The summed E-state index contributed by atoms with van der Waals surface area (Å²) in [5, 5.41) is 0.446. The fourth-order valence-corrected chi connectivity index (χ4v) is 1.07. The van der Waals surface area contributed by atoms with Gasteiger partial charge in [-0.1, -0.05) is 11.6 Å². The van der Waals surface area contributed by atoms with Crippen molar-refractivity contribution in [3.63, 3.8) is 0 Å². The summed E-state index contributed by atoms with van der Waals surface area (Å²) in [4.78, 5) is 11.6. The lowest BCUT2D eigenvalue weighted by molar-refractivity contribution is 0.0600. The van der Waals surface area contributed by atoms with E-state index in [0.717, 1.165) is 0 Å². The SMILES string of the molecule is COC(=O)c1ccc(S)c(Cl)c1. The third-order valence-corrected chi connectivity index (χ3v) is 2.20. The third-order valence-electron chi connectivity index (χ3n) is 1.37. The van der Waals surface area contributed by atoms with E-state index in [-0.39, 0.29) is 0 Å². The van der Waals surface area contributed by atoms with E-state index in [1.165, 1.54) is 13.2 Å².